The minimum Gasteiger partial charge on any atom is -0.367 e. The van der Waals surface area contributed by atoms with Gasteiger partial charge in [0.2, 0.25) is 0 Å². The van der Waals surface area contributed by atoms with Crippen LogP contribution in [0.2, 0.25) is 0 Å². The molecule has 0 bridgehead atoms. The second kappa shape index (κ2) is 9.34. The van der Waals surface area contributed by atoms with E-state index in [4.69, 9.17) is 0 Å². The van der Waals surface area contributed by atoms with Crippen LogP contribution in [0.5, 0.6) is 0 Å². The number of aromatic nitrogens is 3. The number of rotatable bonds is 7. The summed E-state index contributed by atoms with van der Waals surface area (Å²) in [4.78, 5) is 5.13. The van der Waals surface area contributed by atoms with Gasteiger partial charge in [-0.2, -0.15) is 0 Å². The van der Waals surface area contributed by atoms with Crippen molar-refractivity contribution in [1.82, 2.24) is 19.7 Å². The number of likely N-dealkylation sites (tertiary alicyclic amines) is 1. The Morgan fingerprint density at radius 2 is 1.91 bits per heavy atom. The van der Waals surface area contributed by atoms with E-state index in [1.54, 1.807) is 12.1 Å². The van der Waals surface area contributed by atoms with Gasteiger partial charge in [0, 0.05) is 55.5 Å². The van der Waals surface area contributed by atoms with E-state index in [2.05, 4.69) is 38.5 Å². The molecule has 0 amide bonds. The summed E-state index contributed by atoms with van der Waals surface area (Å²) in [6, 6.07) is 7.56. The van der Waals surface area contributed by atoms with E-state index in [9.17, 15) is 4.39 Å². The molecule has 0 radical (unpaired) electrons. The van der Waals surface area contributed by atoms with E-state index in [0.29, 0.717) is 17.4 Å². The molecule has 3 heterocycles. The van der Waals surface area contributed by atoms with Crippen LogP contribution in [0.25, 0.3) is 0 Å². The molecule has 1 aromatic carbocycles. The highest BCUT2D eigenvalue weighted by Gasteiger charge is 2.49. The van der Waals surface area contributed by atoms with Crippen LogP contribution in [-0.4, -0.2) is 57.6 Å². The van der Waals surface area contributed by atoms with Crippen LogP contribution < -0.4 is 4.90 Å². The van der Waals surface area contributed by atoms with Gasteiger partial charge in [0.25, 0.3) is 0 Å². The average molecular weight is 458 g/mol. The van der Waals surface area contributed by atoms with Crippen molar-refractivity contribution in [3.63, 3.8) is 0 Å². The quantitative estimate of drug-likeness (QED) is 0.428. The molecule has 2 aromatic rings. The standard InChI is InChI=1S/C25H36FN5S/c1-25-13-15-31(21-11-9-20(26)10-12-21)22(25)17-30(18-25)14-6-16-32-24-28-27-23(29(24)2)19-7-4-3-5-8-19/h9-12,19,22H,3-8,13-18H2,1-2H3. The molecule has 2 saturated heterocycles. The lowest BCUT2D eigenvalue weighted by molar-refractivity contribution is 0.276. The highest BCUT2D eigenvalue weighted by molar-refractivity contribution is 7.99. The molecular weight excluding hydrogens is 421 g/mol. The summed E-state index contributed by atoms with van der Waals surface area (Å²) < 4.78 is 15.6. The number of hydrogen-bond acceptors (Lipinski definition) is 5. The highest BCUT2D eigenvalue weighted by Crippen LogP contribution is 2.44. The first-order valence-electron chi connectivity index (χ1n) is 12.3. The van der Waals surface area contributed by atoms with Gasteiger partial charge >= 0.3 is 0 Å². The van der Waals surface area contributed by atoms with Gasteiger partial charge < -0.3 is 14.4 Å². The van der Waals surface area contributed by atoms with E-state index in [-0.39, 0.29) is 5.82 Å². The molecule has 0 N–H and O–H groups in total. The van der Waals surface area contributed by atoms with Gasteiger partial charge in [-0.25, -0.2) is 4.39 Å². The first-order valence-corrected chi connectivity index (χ1v) is 13.3. The molecule has 174 valence electrons. The third-order valence-electron chi connectivity index (χ3n) is 7.97. The average Bonchev–Trinajstić information content (AvgIpc) is 3.43. The van der Waals surface area contributed by atoms with Gasteiger partial charge in [-0.05, 0) is 56.5 Å². The van der Waals surface area contributed by atoms with Gasteiger partial charge in [-0.15, -0.1) is 10.2 Å². The van der Waals surface area contributed by atoms with Crippen molar-refractivity contribution in [1.29, 1.82) is 0 Å². The van der Waals surface area contributed by atoms with Crippen LogP contribution in [-0.2, 0) is 7.05 Å². The molecule has 5 nitrogen and oxygen atoms in total. The van der Waals surface area contributed by atoms with Crippen LogP contribution in [0.1, 0.15) is 63.6 Å². The summed E-state index contributed by atoms with van der Waals surface area (Å²) in [5.74, 6) is 2.71. The van der Waals surface area contributed by atoms with Gasteiger partial charge in [-0.1, -0.05) is 37.9 Å². The van der Waals surface area contributed by atoms with Gasteiger partial charge in [0.05, 0.1) is 0 Å². The van der Waals surface area contributed by atoms with Crippen molar-refractivity contribution >= 4 is 17.4 Å². The Bertz CT molecular complexity index is 910. The molecular formula is C25H36FN5S. The summed E-state index contributed by atoms with van der Waals surface area (Å²) in [5, 5.41) is 10.1. The third-order valence-corrected chi connectivity index (χ3v) is 9.07. The van der Waals surface area contributed by atoms with Gasteiger partial charge in [0.1, 0.15) is 11.6 Å². The largest absolute Gasteiger partial charge is 0.367 e. The Morgan fingerprint density at radius 1 is 1.12 bits per heavy atom. The van der Waals surface area contributed by atoms with Gasteiger partial charge in [0.15, 0.2) is 5.16 Å². The summed E-state index contributed by atoms with van der Waals surface area (Å²) in [5.41, 5.74) is 1.49. The van der Waals surface area contributed by atoms with Gasteiger partial charge in [-0.3, -0.25) is 0 Å². The third kappa shape index (κ3) is 4.43. The maximum atomic E-state index is 13.4. The topological polar surface area (TPSA) is 37.2 Å². The fourth-order valence-corrected chi connectivity index (χ4v) is 6.97. The lowest BCUT2D eigenvalue weighted by atomic mass is 9.85. The monoisotopic (exact) mass is 457 g/mol. The molecule has 7 heteroatoms. The number of thioether (sulfide) groups is 1. The zero-order valence-corrected chi connectivity index (χ0v) is 20.3. The fourth-order valence-electron chi connectivity index (χ4n) is 6.13. The predicted octanol–water partition coefficient (Wildman–Crippen LogP) is 5.08. The van der Waals surface area contributed by atoms with E-state index in [0.717, 1.165) is 49.2 Å². The number of halogens is 1. The molecule has 1 aliphatic carbocycles. The van der Waals surface area contributed by atoms with Crippen LogP contribution in [0.3, 0.4) is 0 Å². The first kappa shape index (κ1) is 22.2. The molecule has 32 heavy (non-hydrogen) atoms. The van der Waals surface area contributed by atoms with Crippen molar-refractivity contribution in [2.24, 2.45) is 12.5 Å². The SMILES string of the molecule is Cn1c(SCCCN2CC3N(c4ccc(F)cc4)CCC3(C)C2)nnc1C1CCCCC1. The molecule has 5 rings (SSSR count). The van der Waals surface area contributed by atoms with Crippen LogP contribution in [0.4, 0.5) is 10.1 Å². The molecule has 0 spiro atoms. The lowest BCUT2D eigenvalue weighted by Crippen LogP contribution is -2.37. The van der Waals surface area contributed by atoms with E-state index >= 15 is 0 Å². The van der Waals surface area contributed by atoms with Crippen molar-refractivity contribution < 1.29 is 4.39 Å². The Balaban J connectivity index is 1.11. The molecule has 2 unspecified atom stereocenters. The highest BCUT2D eigenvalue weighted by atomic mass is 32.2. The Kier molecular flexibility index (Phi) is 6.48. The minimum atomic E-state index is -0.157. The lowest BCUT2D eigenvalue weighted by Gasteiger charge is -2.29. The zero-order valence-electron chi connectivity index (χ0n) is 19.5. The summed E-state index contributed by atoms with van der Waals surface area (Å²) in [6.45, 7) is 6.90. The molecule has 1 aromatic heterocycles. The van der Waals surface area contributed by atoms with Crippen molar-refractivity contribution in [3.8, 4) is 0 Å². The maximum absolute atomic E-state index is 13.4. The second-order valence-corrected chi connectivity index (χ2v) is 11.3. The van der Waals surface area contributed by atoms with Crippen LogP contribution in [0, 0.1) is 11.2 Å². The Hall–Kier alpha value is -1.60. The smallest absolute Gasteiger partial charge is 0.190 e. The fraction of sp³-hybridized carbons (Fsp3) is 0.680. The summed E-state index contributed by atoms with van der Waals surface area (Å²) >= 11 is 1.85. The van der Waals surface area contributed by atoms with E-state index in [1.165, 1.54) is 44.3 Å². The molecule has 3 fully saturated rings. The van der Waals surface area contributed by atoms with Crippen molar-refractivity contribution in [3.05, 3.63) is 35.9 Å². The Labute approximate surface area is 195 Å². The van der Waals surface area contributed by atoms with Crippen molar-refractivity contribution in [2.45, 2.75) is 69.0 Å². The second-order valence-electron chi connectivity index (χ2n) is 10.3. The molecule has 2 atom stereocenters. The van der Waals surface area contributed by atoms with Crippen LogP contribution in [0.15, 0.2) is 29.4 Å². The number of anilines is 1. The number of nitrogens with zero attached hydrogens (tertiary/aromatic N) is 5. The van der Waals surface area contributed by atoms with E-state index in [1.807, 2.05) is 23.9 Å². The minimum absolute atomic E-state index is 0.157. The Morgan fingerprint density at radius 3 is 2.69 bits per heavy atom. The van der Waals surface area contributed by atoms with Crippen LogP contribution >= 0.6 is 11.8 Å². The molecule has 1 saturated carbocycles. The summed E-state index contributed by atoms with van der Waals surface area (Å²) in [7, 11) is 2.14. The normalized spacial score (nSPS) is 26.7. The molecule has 3 aliphatic rings. The number of fused-ring (bicyclic) bond motifs is 1. The van der Waals surface area contributed by atoms with Crippen molar-refractivity contribution in [2.75, 3.05) is 36.8 Å². The predicted molar refractivity (Wildman–Crippen MR) is 129 cm³/mol. The number of hydrogen-bond donors (Lipinski definition) is 0. The van der Waals surface area contributed by atoms with E-state index < -0.39 is 0 Å². The number of benzene rings is 1. The summed E-state index contributed by atoms with van der Waals surface area (Å²) in [6.07, 6.45) is 8.93. The first-order chi connectivity index (χ1) is 15.5. The maximum Gasteiger partial charge on any atom is 0.190 e. The zero-order chi connectivity index (χ0) is 22.1. The molecule has 2 aliphatic heterocycles.